The lowest BCUT2D eigenvalue weighted by Gasteiger charge is -2.39. The van der Waals surface area contributed by atoms with Gasteiger partial charge in [-0.25, -0.2) is 4.39 Å². The van der Waals surface area contributed by atoms with Gasteiger partial charge in [-0.3, -0.25) is 0 Å². The molecule has 5 nitrogen and oxygen atoms in total. The molecule has 9 heteroatoms. The summed E-state index contributed by atoms with van der Waals surface area (Å²) in [5.74, 6) is -0.381. The molecule has 2 aliphatic rings. The number of hydrogen-bond acceptors (Lipinski definition) is 5. The summed E-state index contributed by atoms with van der Waals surface area (Å²) in [5.41, 5.74) is 1.75. The van der Waals surface area contributed by atoms with E-state index in [2.05, 4.69) is 16.8 Å². The standard InChI is InChI=1S/C23H27F4N5/c1-29-5-7-31(8-6-29)21-15-22(20(24)13-17(21)16-28)32-11-9-30(10-12-32)19-4-2-3-18(14-19)23(25,26)27/h2-4,13-16,28H,5-12H2,1H3. The van der Waals surface area contributed by atoms with Gasteiger partial charge in [-0.15, -0.1) is 0 Å². The second-order valence-electron chi connectivity index (χ2n) is 8.32. The van der Waals surface area contributed by atoms with Crippen molar-refractivity contribution >= 4 is 23.3 Å². The molecule has 0 bridgehead atoms. The Balaban J connectivity index is 1.51. The van der Waals surface area contributed by atoms with E-state index in [0.29, 0.717) is 43.1 Å². The Hall–Kier alpha value is -2.81. The maximum Gasteiger partial charge on any atom is 0.416 e. The van der Waals surface area contributed by atoms with Gasteiger partial charge in [0.1, 0.15) is 5.82 Å². The summed E-state index contributed by atoms with van der Waals surface area (Å²) in [4.78, 5) is 8.25. The van der Waals surface area contributed by atoms with Crippen LogP contribution in [0.2, 0.25) is 0 Å². The van der Waals surface area contributed by atoms with Gasteiger partial charge < -0.3 is 25.0 Å². The van der Waals surface area contributed by atoms with Crippen molar-refractivity contribution in [3.8, 4) is 0 Å². The predicted octanol–water partition coefficient (Wildman–Crippen LogP) is 3.92. The molecule has 172 valence electrons. The first-order chi connectivity index (χ1) is 15.3. The maximum absolute atomic E-state index is 14.9. The Morgan fingerprint density at radius 3 is 2.03 bits per heavy atom. The fourth-order valence-electron chi connectivity index (χ4n) is 4.33. The summed E-state index contributed by atoms with van der Waals surface area (Å²) < 4.78 is 54.1. The van der Waals surface area contributed by atoms with E-state index in [1.165, 1.54) is 24.4 Å². The topological polar surface area (TPSA) is 36.8 Å². The Morgan fingerprint density at radius 2 is 1.41 bits per heavy atom. The van der Waals surface area contributed by atoms with Crippen molar-refractivity contribution in [3.05, 3.63) is 53.3 Å². The van der Waals surface area contributed by atoms with Gasteiger partial charge >= 0.3 is 6.18 Å². The normalized spacial score (nSPS) is 18.2. The van der Waals surface area contributed by atoms with Crippen LogP contribution in [0.15, 0.2) is 36.4 Å². The molecule has 2 fully saturated rings. The van der Waals surface area contributed by atoms with Crippen LogP contribution in [0, 0.1) is 11.2 Å². The Kier molecular flexibility index (Phi) is 6.28. The molecule has 2 aromatic carbocycles. The van der Waals surface area contributed by atoms with Crippen molar-refractivity contribution in [2.45, 2.75) is 6.18 Å². The molecule has 2 saturated heterocycles. The highest BCUT2D eigenvalue weighted by Gasteiger charge is 2.31. The fraction of sp³-hybridized carbons (Fsp3) is 0.435. The number of piperazine rings is 2. The van der Waals surface area contributed by atoms with Gasteiger partial charge in [0.05, 0.1) is 11.3 Å². The summed E-state index contributed by atoms with van der Waals surface area (Å²) >= 11 is 0. The summed E-state index contributed by atoms with van der Waals surface area (Å²) in [6, 6.07) is 8.56. The minimum atomic E-state index is -4.38. The predicted molar refractivity (Wildman–Crippen MR) is 120 cm³/mol. The Morgan fingerprint density at radius 1 is 0.812 bits per heavy atom. The highest BCUT2D eigenvalue weighted by Crippen LogP contribution is 2.33. The number of alkyl halides is 3. The Labute approximate surface area is 185 Å². The quantitative estimate of drug-likeness (QED) is 0.567. The van der Waals surface area contributed by atoms with Crippen LogP contribution in [0.5, 0.6) is 0 Å². The lowest BCUT2D eigenvalue weighted by Crippen LogP contribution is -2.47. The van der Waals surface area contributed by atoms with E-state index in [1.807, 2.05) is 15.9 Å². The average molecular weight is 449 g/mol. The number of rotatable bonds is 4. The molecule has 0 saturated carbocycles. The molecule has 0 atom stereocenters. The number of likely N-dealkylation sites (N-methyl/N-ethyl adjacent to an activating group) is 1. The number of nitrogens with zero attached hydrogens (tertiary/aromatic N) is 4. The van der Waals surface area contributed by atoms with E-state index in [9.17, 15) is 17.6 Å². The first-order valence-corrected chi connectivity index (χ1v) is 10.7. The molecular formula is C23H27F4N5. The number of anilines is 3. The van der Waals surface area contributed by atoms with Crippen molar-refractivity contribution in [2.24, 2.45) is 0 Å². The molecule has 1 N–H and O–H groups in total. The van der Waals surface area contributed by atoms with E-state index in [0.717, 1.165) is 37.9 Å². The van der Waals surface area contributed by atoms with Crippen LogP contribution in [0.1, 0.15) is 11.1 Å². The zero-order valence-corrected chi connectivity index (χ0v) is 18.0. The van der Waals surface area contributed by atoms with Gasteiger partial charge in [0.15, 0.2) is 0 Å². The molecule has 0 amide bonds. The van der Waals surface area contributed by atoms with Crippen LogP contribution in [-0.2, 0) is 6.18 Å². The molecular weight excluding hydrogens is 422 g/mol. The molecule has 32 heavy (non-hydrogen) atoms. The summed E-state index contributed by atoms with van der Waals surface area (Å²) in [6.45, 7) is 5.42. The zero-order valence-electron chi connectivity index (χ0n) is 18.0. The van der Waals surface area contributed by atoms with Crippen molar-refractivity contribution in [1.29, 1.82) is 5.41 Å². The number of benzene rings is 2. The molecule has 0 radical (unpaired) electrons. The number of halogens is 4. The number of hydrogen-bond donors (Lipinski definition) is 1. The summed E-state index contributed by atoms with van der Waals surface area (Å²) in [7, 11) is 2.06. The SMILES string of the molecule is CN1CCN(c2cc(N3CCN(c4cccc(C(F)(F)F)c4)CC3)c(F)cc2C=N)CC1. The van der Waals surface area contributed by atoms with Gasteiger partial charge in [0.25, 0.3) is 0 Å². The van der Waals surface area contributed by atoms with Gasteiger partial charge in [-0.2, -0.15) is 13.2 Å². The van der Waals surface area contributed by atoms with Crippen molar-refractivity contribution in [2.75, 3.05) is 74.1 Å². The molecule has 0 unspecified atom stereocenters. The Bertz CT molecular complexity index is 961. The van der Waals surface area contributed by atoms with E-state index in [1.54, 1.807) is 6.07 Å². The highest BCUT2D eigenvalue weighted by molar-refractivity contribution is 5.88. The second kappa shape index (κ2) is 8.97. The third-order valence-electron chi connectivity index (χ3n) is 6.25. The molecule has 4 rings (SSSR count). The fourth-order valence-corrected chi connectivity index (χ4v) is 4.33. The lowest BCUT2D eigenvalue weighted by atomic mass is 10.1. The molecule has 0 aromatic heterocycles. The van der Waals surface area contributed by atoms with Crippen LogP contribution >= 0.6 is 0 Å². The highest BCUT2D eigenvalue weighted by atomic mass is 19.4. The van der Waals surface area contributed by atoms with Gasteiger partial charge in [0.2, 0.25) is 0 Å². The lowest BCUT2D eigenvalue weighted by molar-refractivity contribution is -0.137. The van der Waals surface area contributed by atoms with E-state index >= 15 is 0 Å². The van der Waals surface area contributed by atoms with Crippen molar-refractivity contribution in [1.82, 2.24) is 4.90 Å². The average Bonchev–Trinajstić information content (AvgIpc) is 2.79. The molecule has 2 aliphatic heterocycles. The van der Waals surface area contributed by atoms with Crippen molar-refractivity contribution in [3.63, 3.8) is 0 Å². The van der Waals surface area contributed by atoms with Gasteiger partial charge in [-0.05, 0) is 37.4 Å². The minimum absolute atomic E-state index is 0.381. The van der Waals surface area contributed by atoms with Gasteiger partial charge in [0, 0.05) is 75.5 Å². The first kappa shape index (κ1) is 22.4. The van der Waals surface area contributed by atoms with E-state index in [4.69, 9.17) is 5.41 Å². The van der Waals surface area contributed by atoms with E-state index in [-0.39, 0.29) is 5.82 Å². The third kappa shape index (κ3) is 4.67. The molecule has 2 aromatic rings. The summed E-state index contributed by atoms with van der Waals surface area (Å²) in [6.07, 6.45) is -3.19. The number of nitrogens with one attached hydrogen (secondary N) is 1. The van der Waals surface area contributed by atoms with Crippen LogP contribution in [-0.4, -0.2) is 70.5 Å². The zero-order chi connectivity index (χ0) is 22.9. The third-order valence-corrected chi connectivity index (χ3v) is 6.25. The van der Waals surface area contributed by atoms with Gasteiger partial charge in [-0.1, -0.05) is 6.07 Å². The first-order valence-electron chi connectivity index (χ1n) is 10.7. The van der Waals surface area contributed by atoms with Crippen LogP contribution in [0.4, 0.5) is 34.6 Å². The largest absolute Gasteiger partial charge is 0.416 e. The smallest absolute Gasteiger partial charge is 0.368 e. The van der Waals surface area contributed by atoms with Crippen LogP contribution < -0.4 is 14.7 Å². The molecule has 0 aliphatic carbocycles. The van der Waals surface area contributed by atoms with Crippen molar-refractivity contribution < 1.29 is 17.6 Å². The monoisotopic (exact) mass is 449 g/mol. The molecule has 2 heterocycles. The summed E-state index contributed by atoms with van der Waals surface area (Å²) in [5, 5.41) is 7.71. The van der Waals surface area contributed by atoms with E-state index < -0.39 is 11.7 Å². The maximum atomic E-state index is 14.9. The minimum Gasteiger partial charge on any atom is -0.368 e. The van der Waals surface area contributed by atoms with Crippen LogP contribution in [0.3, 0.4) is 0 Å². The second-order valence-corrected chi connectivity index (χ2v) is 8.32. The molecule has 0 spiro atoms. The van der Waals surface area contributed by atoms with Crippen LogP contribution in [0.25, 0.3) is 0 Å².